The van der Waals surface area contributed by atoms with E-state index in [1.54, 1.807) is 6.33 Å². The molecule has 1 aromatic carbocycles. The van der Waals surface area contributed by atoms with Crippen LogP contribution in [0.3, 0.4) is 0 Å². The molecule has 0 radical (unpaired) electrons. The monoisotopic (exact) mass is 452 g/mol. The number of halogens is 1. The van der Waals surface area contributed by atoms with Crippen LogP contribution in [0.5, 0.6) is 0 Å². The van der Waals surface area contributed by atoms with E-state index in [-0.39, 0.29) is 24.0 Å². The van der Waals surface area contributed by atoms with Gasteiger partial charge in [0.2, 0.25) is 0 Å². The lowest BCUT2D eigenvalue weighted by Crippen LogP contribution is -2.42. The van der Waals surface area contributed by atoms with E-state index < -0.39 is 0 Å². The summed E-state index contributed by atoms with van der Waals surface area (Å²) in [4.78, 5) is 6.86. The van der Waals surface area contributed by atoms with E-state index >= 15 is 0 Å². The lowest BCUT2D eigenvalue weighted by molar-refractivity contribution is 0.151. The van der Waals surface area contributed by atoms with Gasteiger partial charge in [-0.3, -0.25) is 9.56 Å². The topological polar surface area (TPSA) is 58.3 Å². The van der Waals surface area contributed by atoms with Crippen LogP contribution in [-0.4, -0.2) is 45.8 Å². The normalized spacial score (nSPS) is 18.8. The van der Waals surface area contributed by atoms with Crippen LogP contribution >= 0.6 is 24.0 Å². The van der Waals surface area contributed by atoms with E-state index in [1.165, 1.54) is 25.7 Å². The molecule has 2 aromatic rings. The van der Waals surface area contributed by atoms with Crippen LogP contribution in [0.25, 0.3) is 5.69 Å². The van der Waals surface area contributed by atoms with Crippen molar-refractivity contribution >= 4 is 29.9 Å². The molecular formula is C18H25IN6. The quantitative estimate of drug-likeness (QED) is 0.442. The molecule has 1 aromatic heterocycles. The maximum Gasteiger partial charge on any atom is 0.194 e. The summed E-state index contributed by atoms with van der Waals surface area (Å²) in [5, 5.41) is 11.8. The molecular weight excluding hydrogens is 427 g/mol. The molecule has 1 saturated heterocycles. The Balaban J connectivity index is 0.00000182. The highest BCUT2D eigenvalue weighted by atomic mass is 127. The van der Waals surface area contributed by atoms with Gasteiger partial charge in [-0.05, 0) is 36.8 Å². The average molecular weight is 452 g/mol. The van der Waals surface area contributed by atoms with Crippen molar-refractivity contribution in [1.82, 2.24) is 25.0 Å². The van der Waals surface area contributed by atoms with Crippen LogP contribution in [0.4, 0.5) is 0 Å². The van der Waals surface area contributed by atoms with Crippen molar-refractivity contribution in [3.8, 4) is 5.69 Å². The maximum absolute atomic E-state index is 4.47. The second kappa shape index (κ2) is 7.72. The number of aromatic nitrogens is 3. The van der Waals surface area contributed by atoms with Gasteiger partial charge in [0.25, 0.3) is 0 Å². The molecule has 25 heavy (non-hydrogen) atoms. The fraction of sp³-hybridized carbons (Fsp3) is 0.500. The number of nitrogens with zero attached hydrogens (tertiary/aromatic N) is 5. The van der Waals surface area contributed by atoms with E-state index in [4.69, 9.17) is 0 Å². The first-order valence-electron chi connectivity index (χ1n) is 8.70. The Morgan fingerprint density at radius 3 is 2.68 bits per heavy atom. The maximum atomic E-state index is 4.47. The highest BCUT2D eigenvalue weighted by Gasteiger charge is 2.43. The number of hydrogen-bond donors (Lipinski definition) is 1. The molecule has 2 aliphatic rings. The molecule has 0 unspecified atom stereocenters. The zero-order valence-corrected chi connectivity index (χ0v) is 16.9. The van der Waals surface area contributed by atoms with Gasteiger partial charge in [-0.1, -0.05) is 24.6 Å². The molecule has 1 aliphatic carbocycles. The molecule has 1 aliphatic heterocycles. The van der Waals surface area contributed by atoms with Gasteiger partial charge in [0.1, 0.15) is 6.33 Å². The lowest BCUT2D eigenvalue weighted by Gasteiger charge is -2.38. The lowest BCUT2D eigenvalue weighted by atomic mass is 9.68. The molecule has 2 fully saturated rings. The van der Waals surface area contributed by atoms with E-state index in [0.717, 1.165) is 30.6 Å². The molecule has 6 nitrogen and oxygen atoms in total. The molecule has 1 spiro atoms. The van der Waals surface area contributed by atoms with Gasteiger partial charge in [0.05, 0.1) is 6.54 Å². The third-order valence-corrected chi connectivity index (χ3v) is 5.42. The van der Waals surface area contributed by atoms with Gasteiger partial charge in [-0.2, -0.15) is 0 Å². The molecule has 0 amide bonds. The fourth-order valence-corrected chi connectivity index (χ4v) is 3.87. The summed E-state index contributed by atoms with van der Waals surface area (Å²) in [6.45, 7) is 2.86. The van der Waals surface area contributed by atoms with Gasteiger partial charge in [-0.25, -0.2) is 0 Å². The van der Waals surface area contributed by atoms with E-state index in [9.17, 15) is 0 Å². The van der Waals surface area contributed by atoms with Crippen molar-refractivity contribution in [2.45, 2.75) is 32.2 Å². The number of rotatable bonds is 3. The standard InChI is InChI=1S/C18H24N6.HI/c1-19-17(23-11-10-18(13-23)8-5-9-18)20-12-16-22-21-14-24(16)15-6-3-2-4-7-15;/h2-4,6-7,14H,5,8-13H2,1H3,(H,19,20);1H. The molecule has 0 atom stereocenters. The summed E-state index contributed by atoms with van der Waals surface area (Å²) in [6.07, 6.45) is 7.20. The zero-order valence-electron chi connectivity index (χ0n) is 14.6. The zero-order chi connectivity index (χ0) is 16.4. The number of para-hydroxylation sites is 1. The molecule has 0 bridgehead atoms. The van der Waals surface area contributed by atoms with Gasteiger partial charge in [0, 0.05) is 25.8 Å². The van der Waals surface area contributed by atoms with Crippen LogP contribution in [0, 0.1) is 5.41 Å². The van der Waals surface area contributed by atoms with Crippen LogP contribution in [0.1, 0.15) is 31.5 Å². The predicted octanol–water partition coefficient (Wildman–Crippen LogP) is 2.84. The highest BCUT2D eigenvalue weighted by Crippen LogP contribution is 2.47. The third-order valence-electron chi connectivity index (χ3n) is 5.42. The first kappa shape index (κ1) is 18.2. The summed E-state index contributed by atoms with van der Waals surface area (Å²) < 4.78 is 2.01. The first-order valence-corrected chi connectivity index (χ1v) is 8.70. The number of aliphatic imine (C=N–C) groups is 1. The summed E-state index contributed by atoms with van der Waals surface area (Å²) in [5.74, 6) is 1.86. The van der Waals surface area contributed by atoms with Gasteiger partial charge in [0.15, 0.2) is 11.8 Å². The van der Waals surface area contributed by atoms with Crippen molar-refractivity contribution < 1.29 is 0 Å². The number of nitrogens with one attached hydrogen (secondary N) is 1. The minimum atomic E-state index is 0. The third kappa shape index (κ3) is 3.65. The highest BCUT2D eigenvalue weighted by molar-refractivity contribution is 14.0. The smallest absolute Gasteiger partial charge is 0.194 e. The van der Waals surface area contributed by atoms with Crippen molar-refractivity contribution in [2.75, 3.05) is 20.1 Å². The Hall–Kier alpha value is -1.64. The van der Waals surface area contributed by atoms with Gasteiger partial charge in [-0.15, -0.1) is 34.2 Å². The minimum absolute atomic E-state index is 0. The molecule has 2 heterocycles. The summed E-state index contributed by atoms with van der Waals surface area (Å²) in [7, 11) is 1.86. The second-order valence-electron chi connectivity index (χ2n) is 6.88. The minimum Gasteiger partial charge on any atom is -0.349 e. The number of guanidine groups is 1. The van der Waals surface area contributed by atoms with E-state index in [2.05, 4.69) is 37.5 Å². The number of hydrogen-bond acceptors (Lipinski definition) is 3. The molecule has 134 valence electrons. The van der Waals surface area contributed by atoms with Crippen LogP contribution in [-0.2, 0) is 6.54 Å². The molecule has 7 heteroatoms. The van der Waals surface area contributed by atoms with Crippen molar-refractivity contribution in [1.29, 1.82) is 0 Å². The van der Waals surface area contributed by atoms with Crippen LogP contribution in [0.2, 0.25) is 0 Å². The van der Waals surface area contributed by atoms with Crippen molar-refractivity contribution in [3.63, 3.8) is 0 Å². The van der Waals surface area contributed by atoms with E-state index in [0.29, 0.717) is 12.0 Å². The molecule has 1 N–H and O–H groups in total. The predicted molar refractivity (Wildman–Crippen MR) is 109 cm³/mol. The number of likely N-dealkylation sites (tertiary alicyclic amines) is 1. The molecule has 1 saturated carbocycles. The van der Waals surface area contributed by atoms with Gasteiger partial charge >= 0.3 is 0 Å². The fourth-order valence-electron chi connectivity index (χ4n) is 3.87. The summed E-state index contributed by atoms with van der Waals surface area (Å²) >= 11 is 0. The average Bonchev–Trinajstić information content (AvgIpc) is 3.23. The van der Waals surface area contributed by atoms with E-state index in [1.807, 2.05) is 29.8 Å². The van der Waals surface area contributed by atoms with Crippen molar-refractivity contribution in [2.24, 2.45) is 10.4 Å². The SMILES string of the molecule is CN=C(NCc1nncn1-c1ccccc1)N1CCC2(CCC2)C1.I. The van der Waals surface area contributed by atoms with Crippen LogP contribution < -0.4 is 5.32 Å². The summed E-state index contributed by atoms with van der Waals surface area (Å²) in [6, 6.07) is 10.2. The Kier molecular flexibility index (Phi) is 5.61. The second-order valence-corrected chi connectivity index (χ2v) is 6.88. The summed E-state index contributed by atoms with van der Waals surface area (Å²) in [5.41, 5.74) is 1.64. The Bertz CT molecular complexity index is 722. The van der Waals surface area contributed by atoms with Gasteiger partial charge < -0.3 is 10.2 Å². The van der Waals surface area contributed by atoms with Crippen LogP contribution in [0.15, 0.2) is 41.7 Å². The first-order chi connectivity index (χ1) is 11.8. The Morgan fingerprint density at radius 1 is 1.24 bits per heavy atom. The molecule has 4 rings (SSSR count). The largest absolute Gasteiger partial charge is 0.349 e. The number of benzene rings is 1. The Labute approximate surface area is 165 Å². The Morgan fingerprint density at radius 2 is 2.04 bits per heavy atom. The van der Waals surface area contributed by atoms with Crippen molar-refractivity contribution in [3.05, 3.63) is 42.5 Å².